The lowest BCUT2D eigenvalue weighted by atomic mass is 9.96. The topological polar surface area (TPSA) is 82.2 Å². The predicted octanol–water partition coefficient (Wildman–Crippen LogP) is 2.78. The quantitative estimate of drug-likeness (QED) is 0.851. The van der Waals surface area contributed by atoms with Gasteiger partial charge in [-0.15, -0.1) is 0 Å². The van der Waals surface area contributed by atoms with Crippen molar-refractivity contribution in [2.24, 2.45) is 5.73 Å². The molecule has 5 nitrogen and oxygen atoms in total. The lowest BCUT2D eigenvalue weighted by Crippen LogP contribution is -2.42. The molecular formula is C19H16N4O. The Kier molecular flexibility index (Phi) is 4.04. The first-order valence-corrected chi connectivity index (χ1v) is 7.45. The van der Waals surface area contributed by atoms with Gasteiger partial charge in [-0.2, -0.15) is 5.26 Å². The summed E-state index contributed by atoms with van der Waals surface area (Å²) in [6.45, 7) is 1.95. The summed E-state index contributed by atoms with van der Waals surface area (Å²) in [6, 6.07) is 18.6. The summed E-state index contributed by atoms with van der Waals surface area (Å²) in [4.78, 5) is 12.7. The first-order valence-electron chi connectivity index (χ1n) is 7.45. The number of carbonyl (C=O) groups is 1. The zero-order chi connectivity index (χ0) is 17.1. The van der Waals surface area contributed by atoms with Crippen LogP contribution in [0.25, 0.3) is 0 Å². The van der Waals surface area contributed by atoms with Gasteiger partial charge in [0.1, 0.15) is 17.5 Å². The number of nitrogens with zero attached hydrogens (tertiary/aromatic N) is 2. The molecular weight excluding hydrogens is 300 g/mol. The molecule has 1 aliphatic heterocycles. The minimum Gasteiger partial charge on any atom is -0.383 e. The Morgan fingerprint density at radius 3 is 2.42 bits per heavy atom. The molecule has 0 spiro atoms. The number of nitriles is 1. The van der Waals surface area contributed by atoms with Gasteiger partial charge in [0.25, 0.3) is 0 Å². The predicted molar refractivity (Wildman–Crippen MR) is 92.5 cm³/mol. The summed E-state index contributed by atoms with van der Waals surface area (Å²) < 4.78 is 0. The van der Waals surface area contributed by atoms with E-state index < -0.39 is 0 Å². The molecule has 3 rings (SSSR count). The van der Waals surface area contributed by atoms with Crippen LogP contribution in [0.3, 0.4) is 0 Å². The molecule has 0 atom stereocenters. The van der Waals surface area contributed by atoms with Crippen LogP contribution in [0.4, 0.5) is 5.69 Å². The van der Waals surface area contributed by atoms with Crippen LogP contribution in [-0.4, -0.2) is 5.78 Å². The van der Waals surface area contributed by atoms with Crippen molar-refractivity contribution in [1.29, 1.82) is 5.26 Å². The van der Waals surface area contributed by atoms with Gasteiger partial charge in [-0.05, 0) is 19.1 Å². The maximum Gasteiger partial charge on any atom is 0.196 e. The fourth-order valence-electron chi connectivity index (χ4n) is 2.47. The van der Waals surface area contributed by atoms with E-state index >= 15 is 0 Å². The Morgan fingerprint density at radius 2 is 1.79 bits per heavy atom. The zero-order valence-corrected chi connectivity index (χ0v) is 13.2. The zero-order valence-electron chi connectivity index (χ0n) is 13.2. The first kappa shape index (κ1) is 15.4. The molecule has 0 bridgehead atoms. The van der Waals surface area contributed by atoms with Crippen molar-refractivity contribution in [3.8, 4) is 6.07 Å². The Labute approximate surface area is 140 Å². The van der Waals surface area contributed by atoms with Gasteiger partial charge in [0.05, 0.1) is 11.3 Å². The summed E-state index contributed by atoms with van der Waals surface area (Å²) in [5.41, 5.74) is 11.9. The molecule has 24 heavy (non-hydrogen) atoms. The number of nitrogens with one attached hydrogen (secondary N) is 1. The number of rotatable bonds is 3. The molecule has 0 radical (unpaired) electrons. The van der Waals surface area contributed by atoms with Gasteiger partial charge in [0.15, 0.2) is 5.78 Å². The van der Waals surface area contributed by atoms with Crippen molar-refractivity contribution >= 4 is 11.5 Å². The second-order valence-electron chi connectivity index (χ2n) is 5.43. The van der Waals surface area contributed by atoms with E-state index in [2.05, 4.69) is 5.43 Å². The first-order chi connectivity index (χ1) is 11.6. The van der Waals surface area contributed by atoms with Gasteiger partial charge in [0.2, 0.25) is 0 Å². The number of hydrogen-bond donors (Lipinski definition) is 2. The summed E-state index contributed by atoms with van der Waals surface area (Å²) in [5, 5.41) is 11.1. The molecule has 5 heteroatoms. The number of aryl methyl sites for hydroxylation is 1. The second kappa shape index (κ2) is 6.31. The third-order valence-electron chi connectivity index (χ3n) is 3.79. The van der Waals surface area contributed by atoms with Crippen molar-refractivity contribution in [3.05, 3.63) is 88.9 Å². The number of nitrogens with two attached hydrogens (primary N) is 1. The van der Waals surface area contributed by atoms with E-state index in [1.165, 1.54) is 6.20 Å². The smallest absolute Gasteiger partial charge is 0.196 e. The van der Waals surface area contributed by atoms with Crippen LogP contribution >= 0.6 is 0 Å². The van der Waals surface area contributed by atoms with Crippen molar-refractivity contribution in [2.75, 3.05) is 5.01 Å². The minimum absolute atomic E-state index is 0.156. The highest BCUT2D eigenvalue weighted by Crippen LogP contribution is 2.25. The molecule has 2 aromatic rings. The number of carbonyl (C=O) groups excluding carboxylic acids is 1. The summed E-state index contributed by atoms with van der Waals surface area (Å²) in [6.07, 6.45) is 1.52. The van der Waals surface area contributed by atoms with E-state index in [4.69, 9.17) is 5.73 Å². The Balaban J connectivity index is 1.97. The Bertz CT molecular complexity index is 874. The van der Waals surface area contributed by atoms with Crippen LogP contribution in [0.5, 0.6) is 0 Å². The largest absolute Gasteiger partial charge is 0.383 e. The molecule has 0 aliphatic carbocycles. The minimum atomic E-state index is -0.241. The number of para-hydroxylation sites is 1. The van der Waals surface area contributed by atoms with Gasteiger partial charge >= 0.3 is 0 Å². The molecule has 0 saturated heterocycles. The molecule has 1 aliphatic rings. The SMILES string of the molecule is Cc1ccc(C(=O)C2=CNN(c3ccccc3)C(N)=C2C#N)cc1. The molecule has 0 unspecified atom stereocenters. The molecule has 2 aromatic carbocycles. The van der Waals surface area contributed by atoms with Gasteiger partial charge in [0, 0.05) is 11.8 Å². The summed E-state index contributed by atoms with van der Waals surface area (Å²) >= 11 is 0. The monoisotopic (exact) mass is 316 g/mol. The lowest BCUT2D eigenvalue weighted by Gasteiger charge is -2.29. The fourth-order valence-corrected chi connectivity index (χ4v) is 2.47. The average molecular weight is 316 g/mol. The van der Waals surface area contributed by atoms with Crippen molar-refractivity contribution < 1.29 is 4.79 Å². The van der Waals surface area contributed by atoms with E-state index in [9.17, 15) is 10.1 Å². The summed E-state index contributed by atoms with van der Waals surface area (Å²) in [5.74, 6) is -0.0450. The van der Waals surface area contributed by atoms with Crippen molar-refractivity contribution in [2.45, 2.75) is 6.92 Å². The number of Topliss-reactive ketones (excluding diaryl/α,β-unsaturated/α-hetero) is 1. The van der Waals surface area contributed by atoms with Crippen LogP contribution < -0.4 is 16.2 Å². The van der Waals surface area contributed by atoms with Gasteiger partial charge in [-0.25, -0.2) is 5.01 Å². The van der Waals surface area contributed by atoms with Gasteiger partial charge in [-0.3, -0.25) is 10.2 Å². The molecule has 0 aromatic heterocycles. The Hall–Kier alpha value is -3.52. The standard InChI is InChI=1S/C19H16N4O/c1-13-7-9-14(10-8-13)18(24)17-12-22-23(19(21)16(17)11-20)15-5-3-2-4-6-15/h2-10,12,22H,21H2,1H3. The van der Waals surface area contributed by atoms with E-state index in [1.54, 1.807) is 17.1 Å². The third-order valence-corrected chi connectivity index (χ3v) is 3.79. The summed E-state index contributed by atoms with van der Waals surface area (Å²) in [7, 11) is 0. The molecule has 0 fully saturated rings. The lowest BCUT2D eigenvalue weighted by molar-refractivity contribution is 0.103. The molecule has 3 N–H and O–H groups in total. The number of ketones is 1. The third kappa shape index (κ3) is 2.73. The number of allylic oxidation sites excluding steroid dienone is 2. The Morgan fingerprint density at radius 1 is 1.12 bits per heavy atom. The maximum atomic E-state index is 12.7. The van der Waals surface area contributed by atoms with Gasteiger partial charge in [-0.1, -0.05) is 48.0 Å². The van der Waals surface area contributed by atoms with Crippen LogP contribution in [0, 0.1) is 18.3 Å². The molecule has 0 amide bonds. The second-order valence-corrected chi connectivity index (χ2v) is 5.43. The number of hydrogen-bond acceptors (Lipinski definition) is 5. The number of benzene rings is 2. The van der Waals surface area contributed by atoms with E-state index in [-0.39, 0.29) is 22.8 Å². The van der Waals surface area contributed by atoms with E-state index in [1.807, 2.05) is 55.5 Å². The maximum absolute atomic E-state index is 12.7. The fraction of sp³-hybridized carbons (Fsp3) is 0.0526. The van der Waals surface area contributed by atoms with Crippen LogP contribution in [0.15, 0.2) is 77.8 Å². The highest BCUT2D eigenvalue weighted by molar-refractivity contribution is 6.12. The highest BCUT2D eigenvalue weighted by Gasteiger charge is 2.26. The molecule has 118 valence electrons. The van der Waals surface area contributed by atoms with Crippen molar-refractivity contribution in [3.63, 3.8) is 0 Å². The molecule has 1 heterocycles. The van der Waals surface area contributed by atoms with E-state index in [0.29, 0.717) is 5.56 Å². The normalized spacial score (nSPS) is 13.8. The number of hydrazine groups is 1. The van der Waals surface area contributed by atoms with Crippen LogP contribution in [0.1, 0.15) is 15.9 Å². The van der Waals surface area contributed by atoms with Gasteiger partial charge < -0.3 is 5.73 Å². The van der Waals surface area contributed by atoms with Crippen molar-refractivity contribution in [1.82, 2.24) is 5.43 Å². The number of anilines is 1. The van der Waals surface area contributed by atoms with Crippen LogP contribution in [0.2, 0.25) is 0 Å². The highest BCUT2D eigenvalue weighted by atomic mass is 16.1. The molecule has 0 saturated carbocycles. The van der Waals surface area contributed by atoms with E-state index in [0.717, 1.165) is 11.3 Å². The van der Waals surface area contributed by atoms with Crippen LogP contribution in [-0.2, 0) is 0 Å². The average Bonchev–Trinajstić information content (AvgIpc) is 2.62.